The molecule has 0 rings (SSSR count). The van der Waals surface area contributed by atoms with Gasteiger partial charge in [0.2, 0.25) is 0 Å². The van der Waals surface area contributed by atoms with Crippen LogP contribution in [0.1, 0.15) is 59.8 Å². The van der Waals surface area contributed by atoms with E-state index in [9.17, 15) is 4.79 Å². The molecular weight excluding hydrogens is 176 g/mol. The van der Waals surface area contributed by atoms with E-state index < -0.39 is 11.4 Å². The second kappa shape index (κ2) is 6.05. The van der Waals surface area contributed by atoms with E-state index in [0.717, 1.165) is 25.2 Å². The van der Waals surface area contributed by atoms with Gasteiger partial charge in [0.05, 0.1) is 5.41 Å². The fourth-order valence-electron chi connectivity index (χ4n) is 1.40. The van der Waals surface area contributed by atoms with E-state index in [2.05, 4.69) is 13.8 Å². The molecule has 0 unspecified atom stereocenters. The summed E-state index contributed by atoms with van der Waals surface area (Å²) in [5.74, 6) is 0.0869. The Labute approximate surface area is 87.7 Å². The minimum Gasteiger partial charge on any atom is -0.481 e. The molecule has 0 aromatic carbocycles. The molecule has 0 radical (unpaired) electrons. The van der Waals surface area contributed by atoms with Crippen LogP contribution >= 0.6 is 0 Å². The van der Waals surface area contributed by atoms with Crippen LogP contribution in [0.25, 0.3) is 0 Å². The van der Waals surface area contributed by atoms with Crippen LogP contribution in [0.3, 0.4) is 0 Å². The summed E-state index contributed by atoms with van der Waals surface area (Å²) in [6.45, 7) is 8.05. The molecule has 0 spiro atoms. The summed E-state index contributed by atoms with van der Waals surface area (Å²) in [4.78, 5) is 10.8. The summed E-state index contributed by atoms with van der Waals surface area (Å²) in [6.07, 6.45) is 5.47. The maximum Gasteiger partial charge on any atom is 0.309 e. The van der Waals surface area contributed by atoms with Crippen LogP contribution in [0.15, 0.2) is 0 Å². The van der Waals surface area contributed by atoms with Gasteiger partial charge >= 0.3 is 5.97 Å². The lowest BCUT2D eigenvalue weighted by Gasteiger charge is -2.18. The summed E-state index contributed by atoms with van der Waals surface area (Å²) in [6, 6.07) is 0. The molecular formula is C12H24O2. The van der Waals surface area contributed by atoms with Crippen molar-refractivity contribution in [2.45, 2.75) is 59.8 Å². The molecule has 0 aliphatic heterocycles. The average molecular weight is 200 g/mol. The van der Waals surface area contributed by atoms with E-state index in [1.54, 1.807) is 13.8 Å². The lowest BCUT2D eigenvalue weighted by molar-refractivity contribution is -0.147. The monoisotopic (exact) mass is 200 g/mol. The van der Waals surface area contributed by atoms with Crippen molar-refractivity contribution >= 4 is 5.97 Å². The van der Waals surface area contributed by atoms with Crippen molar-refractivity contribution in [1.82, 2.24) is 0 Å². The summed E-state index contributed by atoms with van der Waals surface area (Å²) in [5, 5.41) is 8.89. The van der Waals surface area contributed by atoms with Gasteiger partial charge in [0.15, 0.2) is 0 Å². The zero-order valence-electron chi connectivity index (χ0n) is 9.97. The Morgan fingerprint density at radius 2 is 1.79 bits per heavy atom. The van der Waals surface area contributed by atoms with Crippen molar-refractivity contribution in [1.29, 1.82) is 0 Å². The van der Waals surface area contributed by atoms with Gasteiger partial charge in [0, 0.05) is 0 Å². The molecule has 0 aliphatic rings. The van der Waals surface area contributed by atoms with Crippen molar-refractivity contribution in [3.63, 3.8) is 0 Å². The second-order valence-electron chi connectivity index (χ2n) is 5.18. The Kier molecular flexibility index (Phi) is 5.82. The van der Waals surface area contributed by atoms with Gasteiger partial charge < -0.3 is 5.11 Å². The van der Waals surface area contributed by atoms with Crippen molar-refractivity contribution in [3.05, 3.63) is 0 Å². The van der Waals surface area contributed by atoms with Gasteiger partial charge in [-0.2, -0.15) is 0 Å². The molecule has 0 fully saturated rings. The molecule has 1 N–H and O–H groups in total. The highest BCUT2D eigenvalue weighted by molar-refractivity contribution is 5.73. The maximum atomic E-state index is 10.8. The standard InChI is InChI=1S/C12H24O2/c1-10(2)8-6-5-7-9-12(3,4)11(13)14/h10H,5-9H2,1-4H3,(H,13,14). The van der Waals surface area contributed by atoms with Gasteiger partial charge in [-0.1, -0.05) is 39.5 Å². The molecule has 0 saturated carbocycles. The fraction of sp³-hybridized carbons (Fsp3) is 0.917. The number of unbranched alkanes of at least 4 members (excludes halogenated alkanes) is 2. The predicted molar refractivity (Wildman–Crippen MR) is 59.3 cm³/mol. The molecule has 0 heterocycles. The third-order valence-corrected chi connectivity index (χ3v) is 2.66. The highest BCUT2D eigenvalue weighted by Gasteiger charge is 2.25. The van der Waals surface area contributed by atoms with Gasteiger partial charge in [-0.25, -0.2) is 0 Å². The number of carbonyl (C=O) groups is 1. The zero-order valence-corrected chi connectivity index (χ0v) is 9.97. The largest absolute Gasteiger partial charge is 0.481 e. The Morgan fingerprint density at radius 3 is 2.21 bits per heavy atom. The van der Waals surface area contributed by atoms with Crippen molar-refractivity contribution in [3.8, 4) is 0 Å². The first-order valence-electron chi connectivity index (χ1n) is 5.59. The van der Waals surface area contributed by atoms with Crippen LogP contribution < -0.4 is 0 Å². The molecule has 14 heavy (non-hydrogen) atoms. The van der Waals surface area contributed by atoms with Crippen LogP contribution in [0.5, 0.6) is 0 Å². The van der Waals surface area contributed by atoms with E-state index in [-0.39, 0.29) is 0 Å². The first-order valence-corrected chi connectivity index (χ1v) is 5.59. The summed E-state index contributed by atoms with van der Waals surface area (Å²) >= 11 is 0. The molecule has 0 aromatic rings. The molecule has 0 bridgehead atoms. The van der Waals surface area contributed by atoms with Gasteiger partial charge in [0.25, 0.3) is 0 Å². The van der Waals surface area contributed by atoms with Gasteiger partial charge in [-0.05, 0) is 26.2 Å². The van der Waals surface area contributed by atoms with Crippen molar-refractivity contribution in [2.24, 2.45) is 11.3 Å². The van der Waals surface area contributed by atoms with E-state index in [1.165, 1.54) is 12.8 Å². The lowest BCUT2D eigenvalue weighted by Crippen LogP contribution is -2.23. The topological polar surface area (TPSA) is 37.3 Å². The van der Waals surface area contributed by atoms with E-state index in [0.29, 0.717) is 0 Å². The Hall–Kier alpha value is -0.530. The van der Waals surface area contributed by atoms with Crippen LogP contribution in [0, 0.1) is 11.3 Å². The number of rotatable bonds is 7. The van der Waals surface area contributed by atoms with E-state index in [1.807, 2.05) is 0 Å². The number of aliphatic carboxylic acids is 1. The van der Waals surface area contributed by atoms with Crippen LogP contribution in [0.4, 0.5) is 0 Å². The first-order chi connectivity index (χ1) is 6.36. The smallest absolute Gasteiger partial charge is 0.309 e. The first kappa shape index (κ1) is 13.5. The molecule has 84 valence electrons. The number of carboxylic acids is 1. The van der Waals surface area contributed by atoms with Crippen LogP contribution in [-0.2, 0) is 4.79 Å². The van der Waals surface area contributed by atoms with Gasteiger partial charge in [-0.15, -0.1) is 0 Å². The average Bonchev–Trinajstić information content (AvgIpc) is 2.02. The summed E-state index contributed by atoms with van der Waals surface area (Å²) in [7, 11) is 0. The molecule has 2 nitrogen and oxygen atoms in total. The number of hydrogen-bond acceptors (Lipinski definition) is 1. The third-order valence-electron chi connectivity index (χ3n) is 2.66. The molecule has 0 amide bonds. The Balaban J connectivity index is 3.49. The Morgan fingerprint density at radius 1 is 1.21 bits per heavy atom. The fourth-order valence-corrected chi connectivity index (χ4v) is 1.40. The zero-order chi connectivity index (χ0) is 11.2. The van der Waals surface area contributed by atoms with Crippen molar-refractivity contribution < 1.29 is 9.90 Å². The number of carboxylic acid groups (broad SMARTS) is 1. The number of hydrogen-bond donors (Lipinski definition) is 1. The molecule has 2 heteroatoms. The van der Waals surface area contributed by atoms with Gasteiger partial charge in [-0.3, -0.25) is 4.79 Å². The normalized spacial score (nSPS) is 12.1. The van der Waals surface area contributed by atoms with E-state index in [4.69, 9.17) is 5.11 Å². The van der Waals surface area contributed by atoms with Gasteiger partial charge in [0.1, 0.15) is 0 Å². The molecule has 0 atom stereocenters. The molecule has 0 saturated heterocycles. The quantitative estimate of drug-likeness (QED) is 0.636. The highest BCUT2D eigenvalue weighted by Crippen LogP contribution is 2.24. The second-order valence-corrected chi connectivity index (χ2v) is 5.18. The minimum absolute atomic E-state index is 0.544. The minimum atomic E-state index is -0.679. The maximum absolute atomic E-state index is 10.8. The SMILES string of the molecule is CC(C)CCCCCC(C)(C)C(=O)O. The summed E-state index contributed by atoms with van der Waals surface area (Å²) in [5.41, 5.74) is -0.544. The lowest BCUT2D eigenvalue weighted by atomic mass is 9.87. The van der Waals surface area contributed by atoms with Crippen LogP contribution in [-0.4, -0.2) is 11.1 Å². The van der Waals surface area contributed by atoms with Crippen molar-refractivity contribution in [2.75, 3.05) is 0 Å². The Bertz CT molecular complexity index is 171. The summed E-state index contributed by atoms with van der Waals surface area (Å²) < 4.78 is 0. The van der Waals surface area contributed by atoms with E-state index >= 15 is 0 Å². The predicted octanol–water partition coefficient (Wildman–Crippen LogP) is 3.70. The molecule has 0 aromatic heterocycles. The highest BCUT2D eigenvalue weighted by atomic mass is 16.4. The third kappa shape index (κ3) is 6.01. The molecule has 0 aliphatic carbocycles. The van der Waals surface area contributed by atoms with Crippen LogP contribution in [0.2, 0.25) is 0 Å².